The molecule has 0 unspecified atom stereocenters. The second-order valence-corrected chi connectivity index (χ2v) is 5.89. The van der Waals surface area contributed by atoms with Crippen molar-refractivity contribution in [2.24, 2.45) is 0 Å². The molecule has 0 bridgehead atoms. The SMILES string of the molecule is O=C(NC(=S)Nc1ccccc1C(F)(F)F)c1cccc2ccccc12. The van der Waals surface area contributed by atoms with Gasteiger partial charge in [0.15, 0.2) is 5.11 Å². The van der Waals surface area contributed by atoms with E-state index in [1.165, 1.54) is 18.2 Å². The summed E-state index contributed by atoms with van der Waals surface area (Å²) in [6.45, 7) is 0. The fraction of sp³-hybridized carbons (Fsp3) is 0.0526. The number of fused-ring (bicyclic) bond motifs is 1. The molecule has 0 aliphatic carbocycles. The van der Waals surface area contributed by atoms with Gasteiger partial charge in [-0.3, -0.25) is 10.1 Å². The number of carbonyl (C=O) groups excluding carboxylic acids is 1. The third-order valence-corrected chi connectivity index (χ3v) is 3.95. The summed E-state index contributed by atoms with van der Waals surface area (Å²) in [7, 11) is 0. The molecule has 3 aromatic carbocycles. The number of hydrogen-bond acceptors (Lipinski definition) is 2. The summed E-state index contributed by atoms with van der Waals surface area (Å²) in [4.78, 5) is 12.5. The fourth-order valence-corrected chi connectivity index (χ4v) is 2.79. The van der Waals surface area contributed by atoms with Crippen LogP contribution in [0.3, 0.4) is 0 Å². The van der Waals surface area contributed by atoms with E-state index in [9.17, 15) is 18.0 Å². The van der Waals surface area contributed by atoms with Gasteiger partial charge >= 0.3 is 6.18 Å². The average molecular weight is 374 g/mol. The van der Waals surface area contributed by atoms with Crippen molar-refractivity contribution in [3.63, 3.8) is 0 Å². The molecule has 7 heteroatoms. The molecule has 0 aliphatic rings. The molecular formula is C19H13F3N2OS. The van der Waals surface area contributed by atoms with Crippen LogP contribution in [0.5, 0.6) is 0 Å². The number of hydrogen-bond donors (Lipinski definition) is 2. The first kappa shape index (κ1) is 17.9. The highest BCUT2D eigenvalue weighted by Crippen LogP contribution is 2.34. The average Bonchev–Trinajstić information content (AvgIpc) is 2.60. The van der Waals surface area contributed by atoms with Gasteiger partial charge in [-0.15, -0.1) is 0 Å². The topological polar surface area (TPSA) is 41.1 Å². The third kappa shape index (κ3) is 3.83. The Hall–Kier alpha value is -2.93. The van der Waals surface area contributed by atoms with Gasteiger partial charge in [0.05, 0.1) is 11.3 Å². The highest BCUT2D eigenvalue weighted by atomic mass is 32.1. The molecule has 3 nitrogen and oxygen atoms in total. The molecule has 1 amide bonds. The first-order valence-electron chi connectivity index (χ1n) is 7.62. The van der Waals surface area contributed by atoms with E-state index < -0.39 is 17.6 Å². The number of benzene rings is 3. The van der Waals surface area contributed by atoms with E-state index in [-0.39, 0.29) is 10.8 Å². The van der Waals surface area contributed by atoms with Crippen molar-refractivity contribution in [1.29, 1.82) is 0 Å². The van der Waals surface area contributed by atoms with Crippen LogP contribution in [0.15, 0.2) is 66.7 Å². The quantitative estimate of drug-likeness (QED) is 0.621. The summed E-state index contributed by atoms with van der Waals surface area (Å²) in [5, 5.41) is 6.27. The van der Waals surface area contributed by atoms with Crippen LogP contribution in [0.4, 0.5) is 18.9 Å². The second kappa shape index (κ2) is 7.13. The van der Waals surface area contributed by atoms with Crippen LogP contribution in [0.25, 0.3) is 10.8 Å². The van der Waals surface area contributed by atoms with Crippen LogP contribution in [-0.2, 0) is 6.18 Å². The molecule has 132 valence electrons. The van der Waals surface area contributed by atoms with Gasteiger partial charge in [-0.2, -0.15) is 13.2 Å². The number of para-hydroxylation sites is 1. The molecule has 0 heterocycles. The number of thiocarbonyl (C=S) groups is 1. The first-order chi connectivity index (χ1) is 12.4. The predicted octanol–water partition coefficient (Wildman–Crippen LogP) is 4.99. The summed E-state index contributed by atoms with van der Waals surface area (Å²) < 4.78 is 39.1. The Morgan fingerprint density at radius 3 is 2.31 bits per heavy atom. The van der Waals surface area contributed by atoms with E-state index in [0.29, 0.717) is 5.56 Å². The van der Waals surface area contributed by atoms with Crippen LogP contribution >= 0.6 is 12.2 Å². The largest absolute Gasteiger partial charge is 0.418 e. The van der Waals surface area contributed by atoms with Gasteiger partial charge in [0, 0.05) is 5.56 Å². The zero-order valence-electron chi connectivity index (χ0n) is 13.3. The molecule has 0 saturated carbocycles. The predicted molar refractivity (Wildman–Crippen MR) is 99.1 cm³/mol. The molecule has 26 heavy (non-hydrogen) atoms. The lowest BCUT2D eigenvalue weighted by molar-refractivity contribution is -0.136. The molecule has 0 aromatic heterocycles. The molecule has 0 saturated heterocycles. The molecule has 0 radical (unpaired) electrons. The van der Waals surface area contributed by atoms with E-state index in [4.69, 9.17) is 12.2 Å². The van der Waals surface area contributed by atoms with Crippen LogP contribution < -0.4 is 10.6 Å². The molecule has 0 spiro atoms. The van der Waals surface area contributed by atoms with Gasteiger partial charge in [-0.05, 0) is 41.2 Å². The fourth-order valence-electron chi connectivity index (χ4n) is 2.59. The van der Waals surface area contributed by atoms with Crippen molar-refractivity contribution in [1.82, 2.24) is 5.32 Å². The number of nitrogens with one attached hydrogen (secondary N) is 2. The lowest BCUT2D eigenvalue weighted by atomic mass is 10.0. The Morgan fingerprint density at radius 2 is 1.54 bits per heavy atom. The van der Waals surface area contributed by atoms with Gasteiger partial charge in [0.25, 0.3) is 5.91 Å². The summed E-state index contributed by atoms with van der Waals surface area (Å²) in [6.07, 6.45) is -4.53. The minimum absolute atomic E-state index is 0.209. The van der Waals surface area contributed by atoms with Gasteiger partial charge in [-0.1, -0.05) is 48.5 Å². The Balaban J connectivity index is 1.80. The Kier molecular flexibility index (Phi) is 4.90. The lowest BCUT2D eigenvalue weighted by Crippen LogP contribution is -2.34. The number of halogens is 3. The van der Waals surface area contributed by atoms with Crippen molar-refractivity contribution in [3.8, 4) is 0 Å². The van der Waals surface area contributed by atoms with E-state index in [2.05, 4.69) is 10.6 Å². The summed E-state index contributed by atoms with van der Waals surface area (Å²) in [6, 6.07) is 17.5. The van der Waals surface area contributed by atoms with Crippen molar-refractivity contribution >= 4 is 39.7 Å². The Morgan fingerprint density at radius 1 is 0.885 bits per heavy atom. The zero-order chi connectivity index (χ0) is 18.7. The van der Waals surface area contributed by atoms with E-state index in [0.717, 1.165) is 16.8 Å². The molecule has 0 fully saturated rings. The van der Waals surface area contributed by atoms with Gasteiger partial charge in [0.1, 0.15) is 0 Å². The minimum atomic E-state index is -4.53. The van der Waals surface area contributed by atoms with Crippen LogP contribution in [0, 0.1) is 0 Å². The molecule has 0 aliphatic heterocycles. The van der Waals surface area contributed by atoms with E-state index in [1.54, 1.807) is 24.3 Å². The van der Waals surface area contributed by atoms with Crippen molar-refractivity contribution in [3.05, 3.63) is 77.9 Å². The normalized spacial score (nSPS) is 11.2. The van der Waals surface area contributed by atoms with Gasteiger partial charge < -0.3 is 5.32 Å². The number of carbonyl (C=O) groups is 1. The zero-order valence-corrected chi connectivity index (χ0v) is 14.1. The number of rotatable bonds is 2. The standard InChI is InChI=1S/C19H13F3N2OS/c20-19(21,22)15-10-3-4-11-16(15)23-18(26)24-17(25)14-9-5-7-12-6-1-2-8-13(12)14/h1-11H,(H2,23,24,25,26). The number of alkyl halides is 3. The molecule has 3 aromatic rings. The molecule has 3 rings (SSSR count). The van der Waals surface area contributed by atoms with E-state index >= 15 is 0 Å². The Labute approximate surface area is 152 Å². The van der Waals surface area contributed by atoms with Gasteiger partial charge in [0.2, 0.25) is 0 Å². The van der Waals surface area contributed by atoms with Crippen molar-refractivity contribution < 1.29 is 18.0 Å². The monoisotopic (exact) mass is 374 g/mol. The number of anilines is 1. The molecule has 2 N–H and O–H groups in total. The van der Waals surface area contributed by atoms with Crippen LogP contribution in [-0.4, -0.2) is 11.0 Å². The smallest absolute Gasteiger partial charge is 0.332 e. The van der Waals surface area contributed by atoms with Gasteiger partial charge in [-0.25, -0.2) is 0 Å². The second-order valence-electron chi connectivity index (χ2n) is 5.48. The maximum absolute atomic E-state index is 13.0. The highest BCUT2D eigenvalue weighted by molar-refractivity contribution is 7.80. The minimum Gasteiger partial charge on any atom is -0.332 e. The summed E-state index contributed by atoms with van der Waals surface area (Å²) >= 11 is 5.01. The first-order valence-corrected chi connectivity index (χ1v) is 8.03. The van der Waals surface area contributed by atoms with Crippen molar-refractivity contribution in [2.45, 2.75) is 6.18 Å². The molecule has 0 atom stereocenters. The Bertz CT molecular complexity index is 980. The third-order valence-electron chi connectivity index (χ3n) is 3.74. The highest BCUT2D eigenvalue weighted by Gasteiger charge is 2.33. The summed E-state index contributed by atoms with van der Waals surface area (Å²) in [5.41, 5.74) is -0.693. The number of amides is 1. The van der Waals surface area contributed by atoms with Crippen LogP contribution in [0.2, 0.25) is 0 Å². The maximum Gasteiger partial charge on any atom is 0.418 e. The summed E-state index contributed by atoms with van der Waals surface area (Å²) in [5.74, 6) is -0.496. The van der Waals surface area contributed by atoms with Crippen molar-refractivity contribution in [2.75, 3.05) is 5.32 Å². The van der Waals surface area contributed by atoms with E-state index in [1.807, 2.05) is 18.2 Å². The maximum atomic E-state index is 13.0. The van der Waals surface area contributed by atoms with Crippen LogP contribution in [0.1, 0.15) is 15.9 Å². The lowest BCUT2D eigenvalue weighted by Gasteiger charge is -2.15. The molecular weight excluding hydrogens is 361 g/mol.